The molecule has 0 amide bonds. The van der Waals surface area contributed by atoms with E-state index in [9.17, 15) is 4.79 Å². The van der Waals surface area contributed by atoms with E-state index in [-0.39, 0.29) is 12.1 Å². The van der Waals surface area contributed by atoms with E-state index in [2.05, 4.69) is 48.2 Å². The van der Waals surface area contributed by atoms with E-state index in [0.29, 0.717) is 24.3 Å². The van der Waals surface area contributed by atoms with Crippen molar-refractivity contribution < 1.29 is 18.8 Å². The predicted molar refractivity (Wildman–Crippen MR) is 116 cm³/mol. The van der Waals surface area contributed by atoms with E-state index in [4.69, 9.17) is 9.47 Å². The largest absolute Gasteiger partial charge is 0.497 e. The predicted octanol–water partition coefficient (Wildman–Crippen LogP) is 4.40. The molecule has 3 atom stereocenters. The van der Waals surface area contributed by atoms with Gasteiger partial charge in [-0.1, -0.05) is 27.2 Å². The first-order chi connectivity index (χ1) is 14.5. The van der Waals surface area contributed by atoms with Crippen molar-refractivity contribution >= 4 is 5.97 Å². The van der Waals surface area contributed by atoms with Gasteiger partial charge in [0, 0.05) is 5.56 Å². The number of ether oxygens (including phenoxy) is 2. The molecule has 5 heteroatoms. The lowest BCUT2D eigenvalue weighted by atomic mass is 9.75. The monoisotopic (exact) mass is 411 g/mol. The van der Waals surface area contributed by atoms with Gasteiger partial charge in [-0.3, -0.25) is 0 Å². The first-order valence-electron chi connectivity index (χ1n) is 11.4. The van der Waals surface area contributed by atoms with E-state index in [1.807, 2.05) is 12.1 Å². The highest BCUT2D eigenvalue weighted by Gasteiger charge is 2.35. The molecule has 5 nitrogen and oxygen atoms in total. The van der Waals surface area contributed by atoms with Crippen molar-refractivity contribution in [3.05, 3.63) is 36.3 Å². The highest BCUT2D eigenvalue weighted by molar-refractivity contribution is 5.68. The maximum atomic E-state index is 12.9. The number of hydrogen-bond acceptors (Lipinski definition) is 3. The molecule has 0 radical (unpaired) electrons. The second kappa shape index (κ2) is 8.83. The normalized spacial score (nSPS) is 23.4. The summed E-state index contributed by atoms with van der Waals surface area (Å²) in [7, 11) is 1.68. The maximum Gasteiger partial charge on any atom is 0.348 e. The van der Waals surface area contributed by atoms with Crippen molar-refractivity contribution in [2.75, 3.05) is 7.11 Å². The summed E-state index contributed by atoms with van der Waals surface area (Å²) in [5, 5.41) is 0. The van der Waals surface area contributed by atoms with Crippen molar-refractivity contribution in [3.63, 3.8) is 0 Å². The van der Waals surface area contributed by atoms with Gasteiger partial charge in [-0.05, 0) is 61.3 Å². The lowest BCUT2D eigenvalue weighted by Crippen LogP contribution is -2.43. The number of esters is 1. The van der Waals surface area contributed by atoms with Crippen molar-refractivity contribution in [1.82, 2.24) is 4.57 Å². The fourth-order valence-electron chi connectivity index (χ4n) is 5.23. The van der Waals surface area contributed by atoms with Crippen LogP contribution in [0.3, 0.4) is 0 Å². The van der Waals surface area contributed by atoms with E-state index >= 15 is 0 Å². The average Bonchev–Trinajstić information content (AvgIpc) is 3.32. The second-order valence-electron chi connectivity index (χ2n) is 9.40. The summed E-state index contributed by atoms with van der Waals surface area (Å²) in [6, 6.07) is 8.14. The molecule has 1 aliphatic heterocycles. The Balaban J connectivity index is 1.51. The van der Waals surface area contributed by atoms with Crippen LogP contribution in [0.4, 0.5) is 0 Å². The van der Waals surface area contributed by atoms with E-state index in [1.54, 1.807) is 7.11 Å². The molecule has 0 spiro atoms. The van der Waals surface area contributed by atoms with Gasteiger partial charge in [-0.25, -0.2) is 13.9 Å². The fourth-order valence-corrected chi connectivity index (χ4v) is 5.23. The average molecular weight is 412 g/mol. The van der Waals surface area contributed by atoms with Gasteiger partial charge < -0.3 is 9.47 Å². The SMILES string of the molecule is COc1ccc(-c2c[n+](CC(=O)O[C@@H]3C[C@@H](C)CC[C@H]3C(C)C)c3n2CCC3)cc1. The molecule has 0 saturated heterocycles. The molecule has 162 valence electrons. The van der Waals surface area contributed by atoms with Gasteiger partial charge in [-0.15, -0.1) is 0 Å². The van der Waals surface area contributed by atoms with E-state index < -0.39 is 0 Å². The van der Waals surface area contributed by atoms with Gasteiger partial charge in [0.15, 0.2) is 12.2 Å². The van der Waals surface area contributed by atoms with Gasteiger partial charge in [0.1, 0.15) is 18.1 Å². The number of fused-ring (bicyclic) bond motifs is 1. The minimum atomic E-state index is -0.105. The lowest BCUT2D eigenvalue weighted by molar-refractivity contribution is -0.692. The first kappa shape index (κ1) is 21.0. The van der Waals surface area contributed by atoms with Crippen LogP contribution in [0.2, 0.25) is 0 Å². The Morgan fingerprint density at radius 3 is 2.70 bits per heavy atom. The molecular weight excluding hydrogens is 376 g/mol. The van der Waals surface area contributed by atoms with Crippen LogP contribution < -0.4 is 9.30 Å². The van der Waals surface area contributed by atoms with Gasteiger partial charge in [0.25, 0.3) is 5.82 Å². The van der Waals surface area contributed by atoms with Gasteiger partial charge in [0.05, 0.1) is 20.1 Å². The highest BCUT2D eigenvalue weighted by Crippen LogP contribution is 2.35. The molecule has 0 bridgehead atoms. The third-order valence-corrected chi connectivity index (χ3v) is 6.92. The molecule has 1 fully saturated rings. The Morgan fingerprint density at radius 1 is 1.23 bits per heavy atom. The summed E-state index contributed by atoms with van der Waals surface area (Å²) in [5.41, 5.74) is 2.30. The van der Waals surface area contributed by atoms with E-state index in [0.717, 1.165) is 49.2 Å². The van der Waals surface area contributed by atoms with Gasteiger partial charge in [-0.2, -0.15) is 0 Å². The molecule has 1 aliphatic carbocycles. The van der Waals surface area contributed by atoms with Crippen LogP contribution in [-0.4, -0.2) is 23.8 Å². The van der Waals surface area contributed by atoms with Crippen LogP contribution in [0.1, 0.15) is 52.3 Å². The van der Waals surface area contributed by atoms with Gasteiger partial charge in [0.2, 0.25) is 0 Å². The second-order valence-corrected chi connectivity index (χ2v) is 9.40. The summed E-state index contributed by atoms with van der Waals surface area (Å²) in [6.07, 6.45) is 7.67. The third kappa shape index (κ3) is 4.26. The maximum absolute atomic E-state index is 12.9. The quantitative estimate of drug-likeness (QED) is 0.523. The topological polar surface area (TPSA) is 44.3 Å². The van der Waals surface area contributed by atoms with Gasteiger partial charge >= 0.3 is 5.97 Å². The molecule has 1 aromatic carbocycles. The lowest BCUT2D eigenvalue weighted by Gasteiger charge is -2.36. The molecular formula is C25H35N2O3+. The summed E-state index contributed by atoms with van der Waals surface area (Å²) < 4.78 is 15.8. The molecule has 1 saturated carbocycles. The first-order valence-corrected chi connectivity index (χ1v) is 11.4. The number of benzene rings is 1. The summed E-state index contributed by atoms with van der Waals surface area (Å²) in [5.74, 6) is 3.62. The Morgan fingerprint density at radius 2 is 2.00 bits per heavy atom. The highest BCUT2D eigenvalue weighted by atomic mass is 16.5. The molecule has 2 aliphatic rings. The third-order valence-electron chi connectivity index (χ3n) is 6.92. The number of nitrogens with zero attached hydrogens (tertiary/aromatic N) is 2. The smallest absolute Gasteiger partial charge is 0.348 e. The molecule has 4 rings (SSSR count). The summed E-state index contributed by atoms with van der Waals surface area (Å²) >= 11 is 0. The number of aromatic nitrogens is 2. The Bertz CT molecular complexity index is 885. The number of hydrogen-bond donors (Lipinski definition) is 0. The number of carbonyl (C=O) groups is 1. The summed E-state index contributed by atoms with van der Waals surface area (Å²) in [4.78, 5) is 12.9. The molecule has 2 aromatic rings. The fraction of sp³-hybridized carbons (Fsp3) is 0.600. The molecule has 30 heavy (non-hydrogen) atoms. The van der Waals surface area contributed by atoms with Crippen LogP contribution in [0, 0.1) is 17.8 Å². The Hall–Kier alpha value is -2.30. The minimum absolute atomic E-state index is 0.0542. The standard InChI is InChI=1S/C25H35N2O3/c1-17(2)21-12-7-18(3)14-23(21)30-25(28)16-26-15-22(27-13-5-6-24(26)27)19-8-10-20(29-4)11-9-19/h8-11,15,17-18,21,23H,5-7,12-14,16H2,1-4H3/q+1/t18-,21-,23+/m0/s1. The zero-order chi connectivity index (χ0) is 21.3. The van der Waals surface area contributed by atoms with Crippen LogP contribution in [0.5, 0.6) is 5.75 Å². The molecule has 0 N–H and O–H groups in total. The van der Waals surface area contributed by atoms with Crippen LogP contribution in [0.15, 0.2) is 30.5 Å². The zero-order valence-corrected chi connectivity index (χ0v) is 18.8. The molecule has 1 aromatic heterocycles. The number of methoxy groups -OCH3 is 1. The Labute approximate surface area is 180 Å². The zero-order valence-electron chi connectivity index (χ0n) is 18.8. The Kier molecular flexibility index (Phi) is 6.16. The van der Waals surface area contributed by atoms with Crippen molar-refractivity contribution in [2.45, 2.75) is 72.1 Å². The van der Waals surface area contributed by atoms with Crippen LogP contribution >= 0.6 is 0 Å². The number of carbonyl (C=O) groups excluding carboxylic acids is 1. The molecule has 2 heterocycles. The number of imidazole rings is 1. The van der Waals surface area contributed by atoms with Crippen LogP contribution in [0.25, 0.3) is 11.3 Å². The molecule has 0 unspecified atom stereocenters. The van der Waals surface area contributed by atoms with Crippen LogP contribution in [-0.2, 0) is 29.0 Å². The minimum Gasteiger partial charge on any atom is -0.497 e. The van der Waals surface area contributed by atoms with E-state index in [1.165, 1.54) is 12.2 Å². The van der Waals surface area contributed by atoms with Crippen molar-refractivity contribution in [3.8, 4) is 17.0 Å². The number of rotatable bonds is 6. The van der Waals surface area contributed by atoms with Crippen molar-refractivity contribution in [1.29, 1.82) is 0 Å². The summed E-state index contributed by atoms with van der Waals surface area (Å²) in [6.45, 7) is 8.06. The van der Waals surface area contributed by atoms with Crippen molar-refractivity contribution in [2.24, 2.45) is 17.8 Å².